The minimum Gasteiger partial charge on any atom is -0.475 e. The number of hydrogen-bond donors (Lipinski definition) is 1. The number of nitriles is 1. The lowest BCUT2D eigenvalue weighted by Crippen LogP contribution is -2.41. The number of carboxylic acid groups (broad SMARTS) is 1. The smallest absolute Gasteiger partial charge is 0.371 e. The summed E-state index contributed by atoms with van der Waals surface area (Å²) in [6, 6.07) is 7.09. The molecule has 1 aliphatic heterocycles. The number of nitrogens with zero attached hydrogens (tertiary/aromatic N) is 1. The maximum atomic E-state index is 12.1. The molecule has 0 aliphatic carbocycles. The fourth-order valence-electron chi connectivity index (χ4n) is 2.02. The van der Waals surface area contributed by atoms with Gasteiger partial charge in [0.2, 0.25) is 21.4 Å². The summed E-state index contributed by atoms with van der Waals surface area (Å²) in [5, 5.41) is 17.7. The predicted octanol–water partition coefficient (Wildman–Crippen LogP) is 0.323. The number of sulfone groups is 1. The Kier molecular flexibility index (Phi) is 3.31. The molecule has 0 saturated heterocycles. The molecule has 1 unspecified atom stereocenters. The Labute approximate surface area is 120 Å². The number of rotatable bonds is 3. The summed E-state index contributed by atoms with van der Waals surface area (Å²) in [6.07, 6.45) is 1.39. The number of ether oxygens (including phenoxy) is 1. The molecule has 0 spiro atoms. The average molecular weight is 307 g/mol. The molecule has 0 amide bonds. The molecule has 108 valence electrons. The summed E-state index contributed by atoms with van der Waals surface area (Å²) in [5.74, 6) is -3.32. The van der Waals surface area contributed by atoms with Crippen molar-refractivity contribution in [1.29, 1.82) is 5.26 Å². The van der Waals surface area contributed by atoms with Gasteiger partial charge in [-0.2, -0.15) is 5.26 Å². The zero-order valence-electron chi connectivity index (χ0n) is 10.7. The SMILES string of the molecule is CS(=O)(=O)C1(c2cccc(C#N)c2)OC(C(=O)O)=CC1=O. The Bertz CT molecular complexity index is 817. The van der Waals surface area contributed by atoms with Gasteiger partial charge in [-0.3, -0.25) is 4.79 Å². The Morgan fingerprint density at radius 1 is 1.43 bits per heavy atom. The number of carboxylic acids is 1. The van der Waals surface area contributed by atoms with Crippen LogP contribution in [0.15, 0.2) is 36.1 Å². The summed E-state index contributed by atoms with van der Waals surface area (Å²) in [6.45, 7) is 0. The molecule has 1 aromatic rings. The lowest BCUT2D eigenvalue weighted by Gasteiger charge is -2.26. The van der Waals surface area contributed by atoms with E-state index in [4.69, 9.17) is 15.1 Å². The minimum absolute atomic E-state index is 0.110. The van der Waals surface area contributed by atoms with Crippen LogP contribution in [0, 0.1) is 11.3 Å². The summed E-state index contributed by atoms with van der Waals surface area (Å²) in [4.78, 5) is 20.6. The van der Waals surface area contributed by atoms with Gasteiger partial charge in [0.05, 0.1) is 11.6 Å². The highest BCUT2D eigenvalue weighted by Gasteiger charge is 2.56. The van der Waals surface area contributed by atoms with Crippen LogP contribution in [0.25, 0.3) is 0 Å². The van der Waals surface area contributed by atoms with Crippen molar-refractivity contribution >= 4 is 21.6 Å². The molecule has 2 rings (SSSR count). The van der Waals surface area contributed by atoms with E-state index in [0.29, 0.717) is 6.08 Å². The molecular formula is C13H9NO6S. The largest absolute Gasteiger partial charge is 0.475 e. The van der Waals surface area contributed by atoms with Crippen LogP contribution in [0.3, 0.4) is 0 Å². The van der Waals surface area contributed by atoms with E-state index in [0.717, 1.165) is 6.26 Å². The molecule has 0 saturated carbocycles. The van der Waals surface area contributed by atoms with Gasteiger partial charge >= 0.3 is 5.97 Å². The quantitative estimate of drug-likeness (QED) is 0.853. The maximum absolute atomic E-state index is 12.1. The third-order valence-electron chi connectivity index (χ3n) is 2.94. The predicted molar refractivity (Wildman–Crippen MR) is 69.5 cm³/mol. The molecule has 8 heteroatoms. The van der Waals surface area contributed by atoms with Gasteiger partial charge < -0.3 is 9.84 Å². The maximum Gasteiger partial charge on any atom is 0.371 e. The van der Waals surface area contributed by atoms with Gasteiger partial charge in [0.15, 0.2) is 0 Å². The van der Waals surface area contributed by atoms with Gasteiger partial charge in [-0.15, -0.1) is 0 Å². The standard InChI is InChI=1S/C13H9NO6S/c1-21(18,19)13(9-4-2-3-8(5-9)7-14)11(15)6-10(20-13)12(16)17/h2-6H,1H3,(H,16,17). The van der Waals surface area contributed by atoms with E-state index in [2.05, 4.69) is 0 Å². The molecule has 7 nitrogen and oxygen atoms in total. The molecule has 1 aliphatic rings. The van der Waals surface area contributed by atoms with Crippen LogP contribution in [-0.4, -0.2) is 31.5 Å². The topological polar surface area (TPSA) is 122 Å². The van der Waals surface area contributed by atoms with Crippen molar-refractivity contribution in [2.75, 3.05) is 6.26 Å². The molecular weight excluding hydrogens is 298 g/mol. The summed E-state index contributed by atoms with van der Waals surface area (Å²) in [7, 11) is -4.15. The van der Waals surface area contributed by atoms with E-state index >= 15 is 0 Å². The number of benzene rings is 1. The lowest BCUT2D eigenvalue weighted by atomic mass is 10.0. The van der Waals surface area contributed by atoms with Gasteiger partial charge in [-0.1, -0.05) is 12.1 Å². The highest BCUT2D eigenvalue weighted by molar-refractivity contribution is 7.92. The fourth-order valence-corrected chi connectivity index (χ4v) is 3.24. The van der Waals surface area contributed by atoms with Crippen molar-refractivity contribution in [3.8, 4) is 6.07 Å². The first-order valence-electron chi connectivity index (χ1n) is 5.61. The second-order valence-electron chi connectivity index (χ2n) is 4.36. The first kappa shape index (κ1) is 14.7. The number of aliphatic carboxylic acids is 1. The molecule has 21 heavy (non-hydrogen) atoms. The zero-order valence-corrected chi connectivity index (χ0v) is 11.5. The number of hydrogen-bond acceptors (Lipinski definition) is 6. The van der Waals surface area contributed by atoms with Crippen LogP contribution >= 0.6 is 0 Å². The molecule has 0 fully saturated rings. The first-order chi connectivity index (χ1) is 9.72. The highest BCUT2D eigenvalue weighted by atomic mass is 32.2. The third-order valence-corrected chi connectivity index (χ3v) is 4.51. The Morgan fingerprint density at radius 2 is 2.10 bits per heavy atom. The monoisotopic (exact) mass is 307 g/mol. The van der Waals surface area contributed by atoms with Crippen LogP contribution in [0.5, 0.6) is 0 Å². The van der Waals surface area contributed by atoms with E-state index in [9.17, 15) is 18.0 Å². The fraction of sp³-hybridized carbons (Fsp3) is 0.154. The van der Waals surface area contributed by atoms with E-state index in [1.807, 2.05) is 6.07 Å². The van der Waals surface area contributed by atoms with Gasteiger partial charge in [0, 0.05) is 17.9 Å². The van der Waals surface area contributed by atoms with Crippen LogP contribution in [-0.2, 0) is 29.1 Å². The minimum atomic E-state index is -4.15. The zero-order chi connectivity index (χ0) is 15.8. The van der Waals surface area contributed by atoms with Crippen molar-refractivity contribution in [3.05, 3.63) is 47.2 Å². The Hall–Kier alpha value is -2.66. The first-order valence-corrected chi connectivity index (χ1v) is 7.50. The molecule has 1 aromatic carbocycles. The van der Waals surface area contributed by atoms with E-state index in [1.165, 1.54) is 24.3 Å². The molecule has 1 heterocycles. The lowest BCUT2D eigenvalue weighted by molar-refractivity contribution is -0.138. The summed E-state index contributed by atoms with van der Waals surface area (Å²) >= 11 is 0. The van der Waals surface area contributed by atoms with Gasteiger partial charge in [-0.25, -0.2) is 13.2 Å². The van der Waals surface area contributed by atoms with Crippen LogP contribution in [0.2, 0.25) is 0 Å². The van der Waals surface area contributed by atoms with Crippen molar-refractivity contribution < 1.29 is 27.9 Å². The van der Waals surface area contributed by atoms with Gasteiger partial charge in [0.25, 0.3) is 4.93 Å². The number of carbonyl (C=O) groups is 2. The second kappa shape index (κ2) is 4.71. The Morgan fingerprint density at radius 3 is 2.57 bits per heavy atom. The van der Waals surface area contributed by atoms with E-state index in [-0.39, 0.29) is 11.1 Å². The van der Waals surface area contributed by atoms with Crippen molar-refractivity contribution in [2.24, 2.45) is 0 Å². The average Bonchev–Trinajstić information content (AvgIpc) is 2.77. The molecule has 0 bridgehead atoms. The summed E-state index contributed by atoms with van der Waals surface area (Å²) < 4.78 is 29.1. The second-order valence-corrected chi connectivity index (χ2v) is 6.48. The van der Waals surface area contributed by atoms with Crippen LogP contribution < -0.4 is 0 Å². The van der Waals surface area contributed by atoms with Crippen LogP contribution in [0.4, 0.5) is 0 Å². The summed E-state index contributed by atoms with van der Waals surface area (Å²) in [5.41, 5.74) is 0.0113. The van der Waals surface area contributed by atoms with E-state index in [1.54, 1.807) is 0 Å². The highest BCUT2D eigenvalue weighted by Crippen LogP contribution is 2.40. The number of ketones is 1. The van der Waals surface area contributed by atoms with Crippen molar-refractivity contribution in [1.82, 2.24) is 0 Å². The van der Waals surface area contributed by atoms with Gasteiger partial charge in [0.1, 0.15) is 0 Å². The Balaban J connectivity index is 2.70. The normalized spacial score (nSPS) is 21.3. The number of carbonyl (C=O) groups excluding carboxylic acids is 1. The van der Waals surface area contributed by atoms with Crippen molar-refractivity contribution in [3.63, 3.8) is 0 Å². The molecule has 1 N–H and O–H groups in total. The molecule has 0 radical (unpaired) electrons. The molecule has 0 aromatic heterocycles. The van der Waals surface area contributed by atoms with Crippen molar-refractivity contribution in [2.45, 2.75) is 4.93 Å². The third kappa shape index (κ3) is 2.17. The van der Waals surface area contributed by atoms with E-state index < -0.39 is 32.3 Å². The van der Waals surface area contributed by atoms with Crippen LogP contribution in [0.1, 0.15) is 11.1 Å². The van der Waals surface area contributed by atoms with Gasteiger partial charge in [-0.05, 0) is 12.1 Å². The molecule has 1 atom stereocenters.